The van der Waals surface area contributed by atoms with Gasteiger partial charge >= 0.3 is 0 Å². The predicted molar refractivity (Wildman–Crippen MR) is 109 cm³/mol. The lowest BCUT2D eigenvalue weighted by Gasteiger charge is -2.29. The smallest absolute Gasteiger partial charge is 0.274 e. The summed E-state index contributed by atoms with van der Waals surface area (Å²) in [5.74, 6) is 2.10. The number of aromatic nitrogens is 1. The van der Waals surface area contributed by atoms with Crippen LogP contribution < -0.4 is 19.5 Å². The molecule has 2 heterocycles. The Morgan fingerprint density at radius 2 is 1.82 bits per heavy atom. The molecule has 2 aromatic rings. The highest BCUT2D eigenvalue weighted by Crippen LogP contribution is 2.21. The Bertz CT molecular complexity index is 698. The normalized spacial score (nSPS) is 16.2. The van der Waals surface area contributed by atoms with Crippen molar-refractivity contribution < 1.29 is 24.5 Å². The number of H-pyrrole nitrogens is 1. The molecule has 1 aromatic heterocycles. The highest BCUT2D eigenvalue weighted by Gasteiger charge is 2.27. The van der Waals surface area contributed by atoms with E-state index in [9.17, 15) is 5.11 Å². The van der Waals surface area contributed by atoms with Gasteiger partial charge in [0.25, 0.3) is 5.82 Å². The second-order valence-corrected chi connectivity index (χ2v) is 7.49. The number of nitrogens with zero attached hydrogens (tertiary/aromatic N) is 1. The van der Waals surface area contributed by atoms with Gasteiger partial charge < -0.3 is 19.5 Å². The van der Waals surface area contributed by atoms with Crippen LogP contribution in [0.25, 0.3) is 0 Å². The average molecular weight is 388 g/mol. The fraction of sp³-hybridized carbons (Fsp3) is 0.500. The minimum Gasteiger partial charge on any atom is -0.491 e. The van der Waals surface area contributed by atoms with Gasteiger partial charge in [0.2, 0.25) is 0 Å². The molecule has 1 saturated heterocycles. The zero-order valence-electron chi connectivity index (χ0n) is 17.0. The summed E-state index contributed by atoms with van der Waals surface area (Å²) >= 11 is 0. The van der Waals surface area contributed by atoms with Gasteiger partial charge in [0.05, 0.1) is 19.4 Å². The summed E-state index contributed by atoms with van der Waals surface area (Å²) in [6.45, 7) is 10.2. The Labute approximate surface area is 167 Å². The number of piperazine rings is 1. The lowest BCUT2D eigenvalue weighted by atomic mass is 10.1. The quantitative estimate of drug-likeness (QED) is 0.607. The Morgan fingerprint density at radius 3 is 2.50 bits per heavy atom. The molecule has 1 aliphatic heterocycles. The summed E-state index contributed by atoms with van der Waals surface area (Å²) in [4.78, 5) is 7.07. The lowest BCUT2D eigenvalue weighted by molar-refractivity contribution is -0.903. The molecule has 28 heavy (non-hydrogen) atoms. The van der Waals surface area contributed by atoms with Gasteiger partial charge in [-0.05, 0) is 31.0 Å². The van der Waals surface area contributed by atoms with Gasteiger partial charge in [-0.3, -0.25) is 4.90 Å². The number of nitrogens with one attached hydrogen (secondary N) is 2. The Morgan fingerprint density at radius 1 is 1.07 bits per heavy atom. The van der Waals surface area contributed by atoms with Crippen molar-refractivity contribution in [1.29, 1.82) is 0 Å². The maximum Gasteiger partial charge on any atom is 0.274 e. The largest absolute Gasteiger partial charge is 0.491 e. The van der Waals surface area contributed by atoms with Crippen molar-refractivity contribution in [3.05, 3.63) is 53.7 Å². The molecule has 1 aromatic carbocycles. The molecule has 0 unspecified atom stereocenters. The number of anilines is 1. The van der Waals surface area contributed by atoms with Crippen molar-refractivity contribution in [2.24, 2.45) is 0 Å². The molecule has 0 aliphatic carbocycles. The van der Waals surface area contributed by atoms with Crippen LogP contribution in [0, 0.1) is 13.8 Å². The fourth-order valence-electron chi connectivity index (χ4n) is 3.69. The number of benzene rings is 1. The number of aryl methyl sites for hydroxylation is 2. The van der Waals surface area contributed by atoms with Crippen molar-refractivity contribution in [1.82, 2.24) is 0 Å². The molecule has 6 heteroatoms. The highest BCUT2D eigenvalue weighted by atomic mass is 16.5. The van der Waals surface area contributed by atoms with Gasteiger partial charge in [0.1, 0.15) is 51.2 Å². The van der Waals surface area contributed by atoms with Crippen LogP contribution in [0.1, 0.15) is 11.1 Å². The first-order valence-electron chi connectivity index (χ1n) is 10.1. The third-order valence-corrected chi connectivity index (χ3v) is 5.22. The van der Waals surface area contributed by atoms with Crippen molar-refractivity contribution in [3.63, 3.8) is 0 Å². The molecule has 0 amide bonds. The molecular weight excluding hydrogens is 354 g/mol. The fourth-order valence-corrected chi connectivity index (χ4v) is 3.69. The molecular formula is C22H33N3O3+2. The molecule has 0 saturated carbocycles. The van der Waals surface area contributed by atoms with Crippen LogP contribution in [0.2, 0.25) is 0 Å². The van der Waals surface area contributed by atoms with Crippen LogP contribution in [-0.4, -0.2) is 63.8 Å². The molecule has 0 bridgehead atoms. The van der Waals surface area contributed by atoms with Crippen molar-refractivity contribution >= 4 is 5.82 Å². The number of para-hydroxylation sites is 1. The summed E-state index contributed by atoms with van der Waals surface area (Å²) < 4.78 is 11.5. The molecule has 3 N–H and O–H groups in total. The molecule has 152 valence electrons. The van der Waals surface area contributed by atoms with Crippen molar-refractivity contribution in [2.45, 2.75) is 20.0 Å². The van der Waals surface area contributed by atoms with Crippen LogP contribution >= 0.6 is 0 Å². The number of aliphatic hydroxyl groups is 1. The maximum absolute atomic E-state index is 10.3. The summed E-state index contributed by atoms with van der Waals surface area (Å²) in [7, 11) is 0. The predicted octanol–water partition coefficient (Wildman–Crippen LogP) is 0.279. The van der Waals surface area contributed by atoms with Crippen LogP contribution in [0.5, 0.6) is 5.75 Å². The van der Waals surface area contributed by atoms with Crippen LogP contribution in [0.4, 0.5) is 5.82 Å². The first kappa shape index (κ1) is 20.6. The Balaban J connectivity index is 1.29. The monoisotopic (exact) mass is 387 g/mol. The van der Waals surface area contributed by atoms with Crippen LogP contribution in [0.3, 0.4) is 0 Å². The lowest BCUT2D eigenvalue weighted by Crippen LogP contribution is -3.16. The number of hydrogen-bond acceptors (Lipinski definition) is 4. The summed E-state index contributed by atoms with van der Waals surface area (Å²) in [6, 6.07) is 12.3. The second kappa shape index (κ2) is 10.4. The van der Waals surface area contributed by atoms with Crippen molar-refractivity contribution in [2.75, 3.05) is 57.4 Å². The Hall–Kier alpha value is -2.15. The standard InChI is InChI=1S/C22H31N3O3/c1-18-6-5-7-19(2)22(18)28-15-14-27-17-20(26)16-24-10-12-25(13-11-24)21-8-3-4-9-23-21/h3-9,20,26H,10-17H2,1-2H3/p+2/t20-/m1/s1. The molecule has 0 spiro atoms. The molecule has 1 fully saturated rings. The summed E-state index contributed by atoms with van der Waals surface area (Å²) in [5.41, 5.74) is 2.27. The molecule has 1 atom stereocenters. The van der Waals surface area contributed by atoms with E-state index in [2.05, 4.69) is 22.0 Å². The van der Waals surface area contributed by atoms with E-state index in [0.717, 1.165) is 55.4 Å². The zero-order valence-corrected chi connectivity index (χ0v) is 17.0. The molecule has 1 aliphatic rings. The van der Waals surface area contributed by atoms with E-state index in [-0.39, 0.29) is 0 Å². The number of rotatable bonds is 9. The average Bonchev–Trinajstić information content (AvgIpc) is 2.71. The van der Waals surface area contributed by atoms with Crippen LogP contribution in [0.15, 0.2) is 42.6 Å². The number of ether oxygens (including phenoxy) is 2. The molecule has 0 radical (unpaired) electrons. The second-order valence-electron chi connectivity index (χ2n) is 7.49. The summed E-state index contributed by atoms with van der Waals surface area (Å²) in [5, 5.41) is 10.3. The topological polar surface area (TPSA) is 60.5 Å². The molecule has 3 rings (SSSR count). The van der Waals surface area contributed by atoms with E-state index in [1.165, 1.54) is 4.90 Å². The van der Waals surface area contributed by atoms with E-state index in [1.54, 1.807) is 0 Å². The van der Waals surface area contributed by atoms with Gasteiger partial charge in [0, 0.05) is 6.07 Å². The first-order chi connectivity index (χ1) is 13.6. The number of aromatic amines is 1. The van der Waals surface area contributed by atoms with Gasteiger partial charge in [-0.15, -0.1) is 0 Å². The summed E-state index contributed by atoms with van der Waals surface area (Å²) in [6.07, 6.45) is 1.52. The molecule has 6 nitrogen and oxygen atoms in total. The minimum absolute atomic E-state index is 0.357. The first-order valence-corrected chi connectivity index (χ1v) is 10.1. The highest BCUT2D eigenvalue weighted by molar-refractivity contribution is 5.39. The SMILES string of the molecule is Cc1cccc(C)c1OCCOC[C@H](O)C[NH+]1CCN(c2cccc[nH+]2)CC1. The number of quaternary nitrogens is 1. The zero-order chi connectivity index (χ0) is 19.8. The number of aliphatic hydroxyl groups excluding tert-OH is 1. The maximum atomic E-state index is 10.3. The van der Waals surface area contributed by atoms with Gasteiger partial charge in [-0.1, -0.05) is 24.3 Å². The number of pyridine rings is 1. The van der Waals surface area contributed by atoms with E-state index in [0.29, 0.717) is 19.8 Å². The van der Waals surface area contributed by atoms with E-state index in [4.69, 9.17) is 9.47 Å². The Kier molecular flexibility index (Phi) is 7.65. The van der Waals surface area contributed by atoms with E-state index >= 15 is 0 Å². The van der Waals surface area contributed by atoms with E-state index in [1.807, 2.05) is 44.3 Å². The number of hydrogen-bond donors (Lipinski definition) is 2. The van der Waals surface area contributed by atoms with Gasteiger partial charge in [-0.2, -0.15) is 0 Å². The van der Waals surface area contributed by atoms with Gasteiger partial charge in [0.15, 0.2) is 0 Å². The van der Waals surface area contributed by atoms with Crippen LogP contribution in [-0.2, 0) is 4.74 Å². The van der Waals surface area contributed by atoms with Gasteiger partial charge in [-0.25, -0.2) is 4.98 Å². The van der Waals surface area contributed by atoms with E-state index < -0.39 is 6.10 Å². The van der Waals surface area contributed by atoms with Crippen molar-refractivity contribution in [3.8, 4) is 5.75 Å². The minimum atomic E-state index is -0.440. The third-order valence-electron chi connectivity index (χ3n) is 5.22. The third kappa shape index (κ3) is 5.92.